The van der Waals surface area contributed by atoms with E-state index >= 15 is 0 Å². The summed E-state index contributed by atoms with van der Waals surface area (Å²) >= 11 is 0. The van der Waals surface area contributed by atoms with E-state index in [-0.39, 0.29) is 0 Å². The molecule has 2 rings (SSSR count). The molecule has 0 amide bonds. The first-order chi connectivity index (χ1) is 8.22. The van der Waals surface area contributed by atoms with Crippen LogP contribution in [0.5, 0.6) is 0 Å². The molecule has 1 aromatic carbocycles. The van der Waals surface area contributed by atoms with Crippen LogP contribution in [0.1, 0.15) is 11.7 Å². The van der Waals surface area contributed by atoms with Gasteiger partial charge in [-0.2, -0.15) is 5.10 Å². The molecule has 0 unspecified atom stereocenters. The number of methoxy groups -OCH3 is 1. The molecule has 1 heterocycles. The molecule has 0 aliphatic rings. The zero-order valence-electron chi connectivity index (χ0n) is 9.28. The lowest BCUT2D eigenvalue weighted by atomic mass is 10.1. The molecule has 1 atom stereocenters. The second kappa shape index (κ2) is 4.80. The molecule has 5 heteroatoms. The van der Waals surface area contributed by atoms with Crippen molar-refractivity contribution in [3.63, 3.8) is 0 Å². The van der Waals surface area contributed by atoms with Crippen LogP contribution in [0, 0.1) is 0 Å². The number of aromatic nitrogens is 2. The number of carboxylic acids is 1. The van der Waals surface area contributed by atoms with Gasteiger partial charge in [0.2, 0.25) is 0 Å². The van der Waals surface area contributed by atoms with Crippen molar-refractivity contribution in [2.24, 2.45) is 0 Å². The fourth-order valence-corrected chi connectivity index (χ4v) is 1.60. The number of hydrogen-bond donors (Lipinski definition) is 1. The van der Waals surface area contributed by atoms with Gasteiger partial charge in [-0.1, -0.05) is 12.1 Å². The van der Waals surface area contributed by atoms with Crippen molar-refractivity contribution in [1.82, 2.24) is 9.78 Å². The van der Waals surface area contributed by atoms with Crippen LogP contribution in [0.3, 0.4) is 0 Å². The first kappa shape index (κ1) is 11.3. The van der Waals surface area contributed by atoms with Gasteiger partial charge in [0.1, 0.15) is 0 Å². The highest BCUT2D eigenvalue weighted by Gasteiger charge is 2.18. The zero-order chi connectivity index (χ0) is 12.3. The van der Waals surface area contributed by atoms with Gasteiger partial charge in [-0.25, -0.2) is 9.48 Å². The molecule has 1 N–H and O–H groups in total. The number of nitrogens with zero attached hydrogens (tertiary/aromatic N) is 2. The van der Waals surface area contributed by atoms with Crippen LogP contribution >= 0.6 is 0 Å². The van der Waals surface area contributed by atoms with Gasteiger partial charge >= 0.3 is 5.97 Å². The highest BCUT2D eigenvalue weighted by molar-refractivity contribution is 5.74. The average molecular weight is 232 g/mol. The highest BCUT2D eigenvalue weighted by Crippen LogP contribution is 2.18. The maximum atomic E-state index is 10.9. The SMILES string of the molecule is CO[C@H](C(=O)O)c1ccc(-n2cccn2)cc1. The number of rotatable bonds is 4. The van der Waals surface area contributed by atoms with Gasteiger partial charge < -0.3 is 9.84 Å². The summed E-state index contributed by atoms with van der Waals surface area (Å²) in [5, 5.41) is 13.0. The molecule has 0 bridgehead atoms. The Labute approximate surface area is 98.3 Å². The molecule has 88 valence electrons. The first-order valence-electron chi connectivity index (χ1n) is 5.08. The van der Waals surface area contributed by atoms with Crippen molar-refractivity contribution in [1.29, 1.82) is 0 Å². The van der Waals surface area contributed by atoms with Crippen LogP contribution in [0.4, 0.5) is 0 Å². The lowest BCUT2D eigenvalue weighted by Crippen LogP contribution is -2.13. The monoisotopic (exact) mass is 232 g/mol. The third-order valence-electron chi connectivity index (χ3n) is 2.42. The van der Waals surface area contributed by atoms with E-state index in [4.69, 9.17) is 9.84 Å². The molecule has 0 saturated heterocycles. The van der Waals surface area contributed by atoms with Crippen molar-refractivity contribution in [3.8, 4) is 5.69 Å². The summed E-state index contributed by atoms with van der Waals surface area (Å²) in [6, 6.07) is 8.87. The van der Waals surface area contributed by atoms with Crippen molar-refractivity contribution < 1.29 is 14.6 Å². The maximum Gasteiger partial charge on any atom is 0.337 e. The summed E-state index contributed by atoms with van der Waals surface area (Å²) in [7, 11) is 1.38. The van der Waals surface area contributed by atoms with E-state index in [1.165, 1.54) is 7.11 Å². The van der Waals surface area contributed by atoms with E-state index in [0.717, 1.165) is 5.69 Å². The number of ether oxygens (including phenoxy) is 1. The predicted octanol–water partition coefficient (Wildman–Crippen LogP) is 1.64. The summed E-state index contributed by atoms with van der Waals surface area (Å²) in [6.45, 7) is 0. The van der Waals surface area contributed by atoms with Crippen LogP contribution in [0.2, 0.25) is 0 Å². The average Bonchev–Trinajstić information content (AvgIpc) is 2.84. The number of carbonyl (C=O) groups is 1. The molecule has 0 radical (unpaired) electrons. The fourth-order valence-electron chi connectivity index (χ4n) is 1.60. The van der Waals surface area contributed by atoms with E-state index in [1.807, 2.05) is 12.3 Å². The maximum absolute atomic E-state index is 10.9. The third-order valence-corrected chi connectivity index (χ3v) is 2.42. The topological polar surface area (TPSA) is 64.3 Å². The molecule has 0 fully saturated rings. The molecule has 5 nitrogen and oxygen atoms in total. The Morgan fingerprint density at radius 3 is 2.59 bits per heavy atom. The minimum absolute atomic E-state index is 0.607. The summed E-state index contributed by atoms with van der Waals surface area (Å²) in [5.41, 5.74) is 1.48. The van der Waals surface area contributed by atoms with Gasteiger partial charge in [-0.15, -0.1) is 0 Å². The Hall–Kier alpha value is -2.14. The number of aliphatic carboxylic acids is 1. The Kier molecular flexibility index (Phi) is 3.20. The molecule has 0 saturated carbocycles. The second-order valence-corrected chi connectivity index (χ2v) is 3.50. The van der Waals surface area contributed by atoms with Crippen molar-refractivity contribution in [3.05, 3.63) is 48.3 Å². The van der Waals surface area contributed by atoms with E-state index < -0.39 is 12.1 Å². The Morgan fingerprint density at radius 2 is 2.12 bits per heavy atom. The molecule has 2 aromatic rings. The molecular weight excluding hydrogens is 220 g/mol. The van der Waals surface area contributed by atoms with Crippen LogP contribution in [-0.2, 0) is 9.53 Å². The van der Waals surface area contributed by atoms with Crippen LogP contribution in [0.15, 0.2) is 42.7 Å². The third kappa shape index (κ3) is 2.34. The van der Waals surface area contributed by atoms with Crippen LogP contribution in [0.25, 0.3) is 5.69 Å². The van der Waals surface area contributed by atoms with Crippen LogP contribution in [-0.4, -0.2) is 28.0 Å². The molecular formula is C12H12N2O3. The summed E-state index contributed by atoms with van der Waals surface area (Å²) in [4.78, 5) is 10.9. The Bertz CT molecular complexity index is 491. The van der Waals surface area contributed by atoms with Crippen molar-refractivity contribution in [2.75, 3.05) is 7.11 Å². The normalized spacial score (nSPS) is 12.3. The highest BCUT2D eigenvalue weighted by atomic mass is 16.5. The minimum Gasteiger partial charge on any atom is -0.479 e. The molecule has 0 spiro atoms. The molecule has 0 aliphatic heterocycles. The van der Waals surface area contributed by atoms with Gasteiger partial charge in [0.25, 0.3) is 0 Å². The fraction of sp³-hybridized carbons (Fsp3) is 0.167. The van der Waals surface area contributed by atoms with E-state index in [9.17, 15) is 4.79 Å². The number of hydrogen-bond acceptors (Lipinski definition) is 3. The largest absolute Gasteiger partial charge is 0.479 e. The zero-order valence-corrected chi connectivity index (χ0v) is 9.28. The lowest BCUT2D eigenvalue weighted by molar-refractivity contribution is -0.148. The summed E-state index contributed by atoms with van der Waals surface area (Å²) < 4.78 is 6.61. The smallest absolute Gasteiger partial charge is 0.337 e. The number of carboxylic acid groups (broad SMARTS) is 1. The summed E-state index contributed by atoms with van der Waals surface area (Å²) in [5.74, 6) is -1.00. The van der Waals surface area contributed by atoms with E-state index in [0.29, 0.717) is 5.56 Å². The summed E-state index contributed by atoms with van der Waals surface area (Å²) in [6.07, 6.45) is 2.57. The predicted molar refractivity (Wildman–Crippen MR) is 60.9 cm³/mol. The first-order valence-corrected chi connectivity index (χ1v) is 5.08. The molecule has 17 heavy (non-hydrogen) atoms. The molecule has 0 aliphatic carbocycles. The van der Waals surface area contributed by atoms with Crippen molar-refractivity contribution >= 4 is 5.97 Å². The van der Waals surface area contributed by atoms with Crippen molar-refractivity contribution in [2.45, 2.75) is 6.10 Å². The van der Waals surface area contributed by atoms with Gasteiger partial charge in [-0.05, 0) is 23.8 Å². The van der Waals surface area contributed by atoms with Gasteiger partial charge in [0, 0.05) is 19.5 Å². The lowest BCUT2D eigenvalue weighted by Gasteiger charge is -2.11. The van der Waals surface area contributed by atoms with Gasteiger partial charge in [-0.3, -0.25) is 0 Å². The Morgan fingerprint density at radius 1 is 1.41 bits per heavy atom. The number of benzene rings is 1. The van der Waals surface area contributed by atoms with Gasteiger partial charge in [0.15, 0.2) is 6.10 Å². The van der Waals surface area contributed by atoms with E-state index in [2.05, 4.69) is 5.10 Å². The Balaban J connectivity index is 2.26. The molecule has 1 aromatic heterocycles. The van der Waals surface area contributed by atoms with E-state index in [1.54, 1.807) is 35.1 Å². The van der Waals surface area contributed by atoms with Gasteiger partial charge in [0.05, 0.1) is 5.69 Å². The minimum atomic E-state index is -1.00. The standard InChI is InChI=1S/C12H12N2O3/c1-17-11(12(15)16)9-3-5-10(6-4-9)14-8-2-7-13-14/h2-8,11H,1H3,(H,15,16)/t11-/m0/s1. The second-order valence-electron chi connectivity index (χ2n) is 3.50. The quantitative estimate of drug-likeness (QED) is 0.870. The van der Waals surface area contributed by atoms with Crippen LogP contribution < -0.4 is 0 Å².